The number of nitrogens with two attached hydrogens (primary N) is 1. The molecule has 3 atom stereocenters. The van der Waals surface area contributed by atoms with E-state index in [2.05, 4.69) is 26.0 Å². The molecule has 3 N–H and O–H groups in total. The molecule has 0 saturated carbocycles. The molecule has 0 bridgehead atoms. The van der Waals surface area contributed by atoms with Gasteiger partial charge < -0.3 is 15.6 Å². The zero-order valence-electron chi connectivity index (χ0n) is 13.7. The number of aliphatic hydroxyl groups excluding tert-OH is 1. The Hall–Kier alpha value is -1.06. The minimum Gasteiger partial charge on any atom is -0.494 e. The molecule has 0 radical (unpaired) electrons. The molecule has 3 heteroatoms. The smallest absolute Gasteiger partial charge is 0.119 e. The molecule has 0 aliphatic heterocycles. The van der Waals surface area contributed by atoms with Crippen LogP contribution in [0.2, 0.25) is 0 Å². The van der Waals surface area contributed by atoms with E-state index < -0.39 is 6.10 Å². The third-order valence-electron chi connectivity index (χ3n) is 3.92. The van der Waals surface area contributed by atoms with E-state index in [0.29, 0.717) is 12.3 Å². The summed E-state index contributed by atoms with van der Waals surface area (Å²) in [4.78, 5) is 0. The van der Waals surface area contributed by atoms with E-state index >= 15 is 0 Å². The summed E-state index contributed by atoms with van der Waals surface area (Å²) in [5.74, 6) is 1.22. The lowest BCUT2D eigenvalue weighted by molar-refractivity contribution is 0.134. The van der Waals surface area contributed by atoms with Gasteiger partial charge >= 0.3 is 0 Å². The minimum absolute atomic E-state index is 0.182. The van der Waals surface area contributed by atoms with Crippen molar-refractivity contribution in [2.24, 2.45) is 5.73 Å². The second-order valence-electron chi connectivity index (χ2n) is 6.04. The van der Waals surface area contributed by atoms with Gasteiger partial charge in [0.25, 0.3) is 0 Å². The van der Waals surface area contributed by atoms with Gasteiger partial charge in [-0.2, -0.15) is 0 Å². The monoisotopic (exact) mass is 293 g/mol. The summed E-state index contributed by atoms with van der Waals surface area (Å²) in [6, 6.07) is 8.02. The van der Waals surface area contributed by atoms with Gasteiger partial charge in [-0.3, -0.25) is 0 Å². The second kappa shape index (κ2) is 9.80. The lowest BCUT2D eigenvalue weighted by Crippen LogP contribution is -2.32. The molecule has 0 aliphatic carbocycles. The molecule has 1 rings (SSSR count). The quantitative estimate of drug-likeness (QED) is 0.644. The van der Waals surface area contributed by atoms with E-state index in [1.54, 1.807) is 0 Å². The Balaban J connectivity index is 2.39. The highest BCUT2D eigenvalue weighted by molar-refractivity contribution is 5.29. The van der Waals surface area contributed by atoms with Gasteiger partial charge in [-0.05, 0) is 43.4 Å². The summed E-state index contributed by atoms with van der Waals surface area (Å²) in [7, 11) is 0. The number of unbranched alkanes of at least 4 members (excludes halogenated alkanes) is 3. The van der Waals surface area contributed by atoms with Crippen LogP contribution in [-0.2, 0) is 0 Å². The number of benzene rings is 1. The molecule has 0 amide bonds. The van der Waals surface area contributed by atoms with Gasteiger partial charge in [0.05, 0.1) is 12.7 Å². The SMILES string of the molecule is CCCCCCOc1ccc(C(C)CC(O)C(C)N)cc1. The molecule has 1 aromatic rings. The molecule has 3 unspecified atom stereocenters. The van der Waals surface area contributed by atoms with Crippen molar-refractivity contribution in [2.75, 3.05) is 6.61 Å². The Morgan fingerprint density at radius 1 is 1.10 bits per heavy atom. The first-order chi connectivity index (χ1) is 10.0. The highest BCUT2D eigenvalue weighted by Crippen LogP contribution is 2.24. The lowest BCUT2D eigenvalue weighted by Gasteiger charge is -2.19. The van der Waals surface area contributed by atoms with Crippen LogP contribution in [0.15, 0.2) is 24.3 Å². The van der Waals surface area contributed by atoms with E-state index in [1.807, 2.05) is 19.1 Å². The van der Waals surface area contributed by atoms with Crippen molar-refractivity contribution in [1.29, 1.82) is 0 Å². The standard InChI is InChI=1S/C18H31NO2/c1-4-5-6-7-12-21-17-10-8-16(9-11-17)14(2)13-18(20)15(3)19/h8-11,14-15,18,20H,4-7,12-13,19H2,1-3H3. The van der Waals surface area contributed by atoms with Gasteiger partial charge in [-0.25, -0.2) is 0 Å². The van der Waals surface area contributed by atoms with Crippen molar-refractivity contribution in [3.63, 3.8) is 0 Å². The van der Waals surface area contributed by atoms with Crippen LogP contribution in [0.25, 0.3) is 0 Å². The molecule has 0 spiro atoms. The van der Waals surface area contributed by atoms with Crippen LogP contribution in [0.4, 0.5) is 0 Å². The van der Waals surface area contributed by atoms with Gasteiger partial charge in [-0.15, -0.1) is 0 Å². The van der Waals surface area contributed by atoms with Crippen molar-refractivity contribution >= 4 is 0 Å². The van der Waals surface area contributed by atoms with E-state index in [0.717, 1.165) is 18.8 Å². The highest BCUT2D eigenvalue weighted by atomic mass is 16.5. The number of rotatable bonds is 10. The average molecular weight is 293 g/mol. The molecular formula is C18H31NO2. The van der Waals surface area contributed by atoms with Gasteiger partial charge in [0.2, 0.25) is 0 Å². The molecule has 120 valence electrons. The highest BCUT2D eigenvalue weighted by Gasteiger charge is 2.15. The zero-order chi connectivity index (χ0) is 15.7. The van der Waals surface area contributed by atoms with Crippen molar-refractivity contribution in [2.45, 2.75) is 70.9 Å². The van der Waals surface area contributed by atoms with Crippen LogP contribution in [0.1, 0.15) is 64.4 Å². The maximum absolute atomic E-state index is 9.85. The number of ether oxygens (including phenoxy) is 1. The lowest BCUT2D eigenvalue weighted by atomic mass is 9.93. The van der Waals surface area contributed by atoms with Crippen LogP contribution < -0.4 is 10.5 Å². The Morgan fingerprint density at radius 3 is 2.33 bits per heavy atom. The molecule has 0 fully saturated rings. The Kier molecular flexibility index (Phi) is 8.40. The van der Waals surface area contributed by atoms with Crippen molar-refractivity contribution in [3.8, 4) is 5.75 Å². The first-order valence-electron chi connectivity index (χ1n) is 8.21. The Bertz CT molecular complexity index is 375. The molecular weight excluding hydrogens is 262 g/mol. The molecule has 0 aromatic heterocycles. The molecule has 3 nitrogen and oxygen atoms in total. The van der Waals surface area contributed by atoms with Crippen LogP contribution in [0, 0.1) is 0 Å². The second-order valence-corrected chi connectivity index (χ2v) is 6.04. The minimum atomic E-state index is -0.450. The molecule has 21 heavy (non-hydrogen) atoms. The number of hydrogen-bond acceptors (Lipinski definition) is 3. The first-order valence-corrected chi connectivity index (χ1v) is 8.21. The third-order valence-corrected chi connectivity index (χ3v) is 3.92. The predicted molar refractivity (Wildman–Crippen MR) is 88.8 cm³/mol. The van der Waals surface area contributed by atoms with Gasteiger partial charge in [-0.1, -0.05) is 45.2 Å². The maximum atomic E-state index is 9.85. The topological polar surface area (TPSA) is 55.5 Å². The van der Waals surface area contributed by atoms with Crippen LogP contribution >= 0.6 is 0 Å². The van der Waals surface area contributed by atoms with Gasteiger partial charge in [0.15, 0.2) is 0 Å². The predicted octanol–water partition coefficient (Wildman–Crippen LogP) is 3.85. The fourth-order valence-electron chi connectivity index (χ4n) is 2.32. The largest absolute Gasteiger partial charge is 0.494 e. The van der Waals surface area contributed by atoms with Crippen LogP contribution in [0.5, 0.6) is 5.75 Å². The summed E-state index contributed by atoms with van der Waals surface area (Å²) in [6.45, 7) is 6.96. The van der Waals surface area contributed by atoms with Crippen LogP contribution in [0.3, 0.4) is 0 Å². The van der Waals surface area contributed by atoms with E-state index in [1.165, 1.54) is 24.8 Å². The fourth-order valence-corrected chi connectivity index (χ4v) is 2.32. The zero-order valence-corrected chi connectivity index (χ0v) is 13.7. The van der Waals surface area contributed by atoms with Gasteiger partial charge in [0, 0.05) is 6.04 Å². The summed E-state index contributed by atoms with van der Waals surface area (Å²) in [6.07, 6.45) is 5.12. The van der Waals surface area contributed by atoms with Crippen molar-refractivity contribution in [3.05, 3.63) is 29.8 Å². The molecule has 0 heterocycles. The van der Waals surface area contributed by atoms with Crippen molar-refractivity contribution in [1.82, 2.24) is 0 Å². The summed E-state index contributed by atoms with van der Waals surface area (Å²) >= 11 is 0. The average Bonchev–Trinajstić information content (AvgIpc) is 2.47. The number of aliphatic hydroxyl groups is 1. The maximum Gasteiger partial charge on any atom is 0.119 e. The van der Waals surface area contributed by atoms with E-state index in [4.69, 9.17) is 10.5 Å². The molecule has 1 aromatic carbocycles. The molecule has 0 saturated heterocycles. The molecule has 0 aliphatic rings. The number of hydrogen-bond donors (Lipinski definition) is 2. The normalized spacial score (nSPS) is 15.5. The third kappa shape index (κ3) is 6.96. The summed E-state index contributed by atoms with van der Waals surface area (Å²) in [5, 5.41) is 9.85. The Labute approximate surface area is 129 Å². The van der Waals surface area contributed by atoms with Crippen molar-refractivity contribution < 1.29 is 9.84 Å². The Morgan fingerprint density at radius 2 is 1.76 bits per heavy atom. The van der Waals surface area contributed by atoms with Crippen LogP contribution in [-0.4, -0.2) is 23.9 Å². The summed E-state index contributed by atoms with van der Waals surface area (Å²) in [5.41, 5.74) is 6.92. The fraction of sp³-hybridized carbons (Fsp3) is 0.667. The van der Waals surface area contributed by atoms with Gasteiger partial charge in [0.1, 0.15) is 5.75 Å². The van der Waals surface area contributed by atoms with E-state index in [-0.39, 0.29) is 6.04 Å². The first kappa shape index (κ1) is 18.0. The van der Waals surface area contributed by atoms with E-state index in [9.17, 15) is 5.11 Å². The summed E-state index contributed by atoms with van der Waals surface area (Å²) < 4.78 is 5.74.